The van der Waals surface area contributed by atoms with E-state index in [-0.39, 0.29) is 18.4 Å². The molecule has 0 aliphatic carbocycles. The first kappa shape index (κ1) is 19.6. The molecule has 0 saturated heterocycles. The molecular formula is C23H18N4O2S. The third-order valence-corrected chi connectivity index (χ3v) is 5.44. The molecule has 7 heteroatoms. The number of carbonyl (C=O) groups is 2. The number of rotatable bonds is 6. The topological polar surface area (TPSA) is 84.0 Å². The third-order valence-electron chi connectivity index (χ3n) is 4.36. The fourth-order valence-electron chi connectivity index (χ4n) is 2.94. The molecule has 6 nitrogen and oxygen atoms in total. The normalized spacial score (nSPS) is 10.5. The first-order chi connectivity index (χ1) is 14.7. The molecule has 0 radical (unpaired) electrons. The largest absolute Gasteiger partial charge is 0.343 e. The van der Waals surface area contributed by atoms with Gasteiger partial charge >= 0.3 is 0 Å². The molecule has 0 bridgehead atoms. The lowest BCUT2D eigenvalue weighted by Crippen LogP contribution is -2.33. The van der Waals surface area contributed by atoms with Gasteiger partial charge in [0.25, 0.3) is 5.91 Å². The van der Waals surface area contributed by atoms with Crippen molar-refractivity contribution in [1.29, 1.82) is 0 Å². The van der Waals surface area contributed by atoms with Crippen LogP contribution in [0.2, 0.25) is 0 Å². The van der Waals surface area contributed by atoms with E-state index in [0.717, 1.165) is 20.6 Å². The van der Waals surface area contributed by atoms with Gasteiger partial charge in [0.1, 0.15) is 0 Å². The Balaban J connectivity index is 1.41. The molecule has 2 heterocycles. The molecule has 0 atom stereocenters. The molecule has 0 aliphatic rings. The Labute approximate surface area is 177 Å². The predicted octanol–water partition coefficient (Wildman–Crippen LogP) is 4.15. The van der Waals surface area contributed by atoms with E-state index in [1.54, 1.807) is 18.6 Å². The van der Waals surface area contributed by atoms with Crippen molar-refractivity contribution >= 4 is 40.0 Å². The molecular weight excluding hydrogens is 396 g/mol. The van der Waals surface area contributed by atoms with Gasteiger partial charge in [-0.05, 0) is 29.7 Å². The number of hydrogen-bond donors (Lipinski definition) is 2. The Morgan fingerprint density at radius 1 is 0.867 bits per heavy atom. The predicted molar refractivity (Wildman–Crippen MR) is 118 cm³/mol. The number of carbonyl (C=O) groups excluding carboxylic acids is 2. The minimum atomic E-state index is -0.339. The van der Waals surface area contributed by atoms with Crippen LogP contribution in [0, 0.1) is 0 Å². The molecule has 148 valence electrons. The summed E-state index contributed by atoms with van der Waals surface area (Å²) in [6, 6.07) is 18.8. The summed E-state index contributed by atoms with van der Waals surface area (Å²) in [6.07, 6.45) is 6.66. The van der Waals surface area contributed by atoms with Crippen LogP contribution in [0.3, 0.4) is 0 Å². The molecule has 0 saturated carbocycles. The fourth-order valence-corrected chi connectivity index (χ4v) is 3.83. The Morgan fingerprint density at radius 3 is 2.50 bits per heavy atom. The van der Waals surface area contributed by atoms with Gasteiger partial charge in [0.15, 0.2) is 0 Å². The monoisotopic (exact) mass is 414 g/mol. The number of amides is 2. The van der Waals surface area contributed by atoms with E-state index in [4.69, 9.17) is 0 Å². The van der Waals surface area contributed by atoms with Crippen LogP contribution in [0.25, 0.3) is 10.8 Å². The van der Waals surface area contributed by atoms with Crippen LogP contribution in [0.15, 0.2) is 95.2 Å². The number of anilines is 1. The Bertz CT molecular complexity index is 1190. The molecule has 2 aromatic carbocycles. The smallest absolute Gasteiger partial charge is 0.253 e. The number of pyridine rings is 2. The summed E-state index contributed by atoms with van der Waals surface area (Å²) in [6.45, 7) is -0.143. The number of nitrogens with one attached hydrogen (secondary N) is 2. The van der Waals surface area contributed by atoms with Crippen LogP contribution in [0.1, 0.15) is 10.4 Å². The average Bonchev–Trinajstić information content (AvgIpc) is 2.79. The second kappa shape index (κ2) is 9.19. The minimum absolute atomic E-state index is 0.143. The highest BCUT2D eigenvalue weighted by Gasteiger charge is 2.13. The van der Waals surface area contributed by atoms with Crippen molar-refractivity contribution in [3.63, 3.8) is 0 Å². The number of para-hydroxylation sites is 1. The third kappa shape index (κ3) is 4.64. The standard InChI is InChI=1S/C23H18N4O2S/c28-22(15-26-23(29)19-14-25-13-16-5-1-2-6-18(16)19)27-20-7-3-4-8-21(20)30-17-9-11-24-12-10-17/h1-14H,15H2,(H,26,29)(H,27,28). The first-order valence-corrected chi connectivity index (χ1v) is 10.1. The average molecular weight is 414 g/mol. The molecule has 0 unspecified atom stereocenters. The van der Waals surface area contributed by atoms with Gasteiger partial charge in [-0.25, -0.2) is 0 Å². The van der Waals surface area contributed by atoms with Crippen molar-refractivity contribution in [1.82, 2.24) is 15.3 Å². The summed E-state index contributed by atoms with van der Waals surface area (Å²) in [5, 5.41) is 7.21. The zero-order valence-corrected chi connectivity index (χ0v) is 16.7. The van der Waals surface area contributed by atoms with Crippen molar-refractivity contribution in [2.45, 2.75) is 9.79 Å². The molecule has 4 aromatic rings. The van der Waals surface area contributed by atoms with Gasteiger partial charge in [-0.2, -0.15) is 0 Å². The zero-order valence-electron chi connectivity index (χ0n) is 15.9. The maximum absolute atomic E-state index is 12.6. The van der Waals surface area contributed by atoms with Gasteiger partial charge in [0.05, 0.1) is 17.8 Å². The van der Waals surface area contributed by atoms with Crippen molar-refractivity contribution in [3.8, 4) is 0 Å². The van der Waals surface area contributed by atoms with E-state index in [9.17, 15) is 9.59 Å². The van der Waals surface area contributed by atoms with Gasteiger partial charge in [0.2, 0.25) is 5.91 Å². The summed E-state index contributed by atoms with van der Waals surface area (Å²) in [5.41, 5.74) is 1.12. The number of nitrogens with zero attached hydrogens (tertiary/aromatic N) is 2. The summed E-state index contributed by atoms with van der Waals surface area (Å²) < 4.78 is 0. The SMILES string of the molecule is O=C(CNC(=O)c1cncc2ccccc12)Nc1ccccc1Sc1ccncc1. The van der Waals surface area contributed by atoms with E-state index in [1.807, 2.05) is 60.7 Å². The maximum Gasteiger partial charge on any atom is 0.253 e. The molecule has 30 heavy (non-hydrogen) atoms. The van der Waals surface area contributed by atoms with E-state index in [2.05, 4.69) is 20.6 Å². The molecule has 2 aromatic heterocycles. The lowest BCUT2D eigenvalue weighted by atomic mass is 10.1. The van der Waals surface area contributed by atoms with Crippen LogP contribution in [-0.2, 0) is 4.79 Å². The fraction of sp³-hybridized carbons (Fsp3) is 0.0435. The molecule has 4 rings (SSSR count). The Morgan fingerprint density at radius 2 is 1.63 bits per heavy atom. The number of hydrogen-bond acceptors (Lipinski definition) is 5. The highest BCUT2D eigenvalue weighted by Crippen LogP contribution is 2.32. The highest BCUT2D eigenvalue weighted by atomic mass is 32.2. The molecule has 0 fully saturated rings. The number of aromatic nitrogens is 2. The second-order valence-corrected chi connectivity index (χ2v) is 7.54. The molecule has 0 aliphatic heterocycles. The van der Waals surface area contributed by atoms with E-state index in [0.29, 0.717) is 11.3 Å². The van der Waals surface area contributed by atoms with Crippen LogP contribution in [0.5, 0.6) is 0 Å². The van der Waals surface area contributed by atoms with Gasteiger partial charge in [-0.3, -0.25) is 19.6 Å². The lowest BCUT2D eigenvalue weighted by Gasteiger charge is -2.11. The summed E-state index contributed by atoms with van der Waals surface area (Å²) in [5.74, 6) is -0.645. The molecule has 2 amide bonds. The Kier molecular flexibility index (Phi) is 6.01. The van der Waals surface area contributed by atoms with Crippen molar-refractivity contribution in [3.05, 3.63) is 91.0 Å². The van der Waals surface area contributed by atoms with Crippen molar-refractivity contribution in [2.24, 2.45) is 0 Å². The van der Waals surface area contributed by atoms with Crippen LogP contribution < -0.4 is 10.6 Å². The molecule has 2 N–H and O–H groups in total. The van der Waals surface area contributed by atoms with Crippen molar-refractivity contribution in [2.75, 3.05) is 11.9 Å². The van der Waals surface area contributed by atoms with Gasteiger partial charge in [-0.15, -0.1) is 0 Å². The quantitative estimate of drug-likeness (QED) is 0.495. The summed E-state index contributed by atoms with van der Waals surface area (Å²) in [4.78, 5) is 35.1. The summed E-state index contributed by atoms with van der Waals surface area (Å²) >= 11 is 1.53. The molecule has 0 spiro atoms. The van der Waals surface area contributed by atoms with Gasteiger partial charge in [0, 0.05) is 40.0 Å². The van der Waals surface area contributed by atoms with E-state index in [1.165, 1.54) is 18.0 Å². The van der Waals surface area contributed by atoms with Gasteiger partial charge < -0.3 is 10.6 Å². The van der Waals surface area contributed by atoms with Crippen molar-refractivity contribution < 1.29 is 9.59 Å². The number of benzene rings is 2. The van der Waals surface area contributed by atoms with E-state index < -0.39 is 0 Å². The maximum atomic E-state index is 12.6. The highest BCUT2D eigenvalue weighted by molar-refractivity contribution is 7.99. The summed E-state index contributed by atoms with van der Waals surface area (Å²) in [7, 11) is 0. The lowest BCUT2D eigenvalue weighted by molar-refractivity contribution is -0.115. The van der Waals surface area contributed by atoms with Gasteiger partial charge in [-0.1, -0.05) is 48.2 Å². The van der Waals surface area contributed by atoms with E-state index >= 15 is 0 Å². The number of fused-ring (bicyclic) bond motifs is 1. The second-order valence-electron chi connectivity index (χ2n) is 6.42. The zero-order chi connectivity index (χ0) is 20.8. The Hall–Kier alpha value is -3.71. The van der Waals surface area contributed by atoms with Crippen LogP contribution in [0.4, 0.5) is 5.69 Å². The van der Waals surface area contributed by atoms with Crippen LogP contribution in [-0.4, -0.2) is 28.3 Å². The van der Waals surface area contributed by atoms with Crippen LogP contribution >= 0.6 is 11.8 Å². The first-order valence-electron chi connectivity index (χ1n) is 9.28. The minimum Gasteiger partial charge on any atom is -0.343 e.